The monoisotopic (exact) mass is 624 g/mol. The molecular formula is C39H32N2O6. The first-order chi connectivity index (χ1) is 23.0. The summed E-state index contributed by atoms with van der Waals surface area (Å²) in [6.45, 7) is 0.486. The Morgan fingerprint density at radius 3 is 1.21 bits per heavy atom. The largest absolute Gasteiger partial charge is 0.490 e. The molecule has 2 bridgehead atoms. The summed E-state index contributed by atoms with van der Waals surface area (Å²) in [5.74, 6) is -0.804. The van der Waals surface area contributed by atoms with Crippen molar-refractivity contribution < 1.29 is 28.5 Å². The van der Waals surface area contributed by atoms with Crippen molar-refractivity contribution >= 4 is 11.9 Å². The van der Waals surface area contributed by atoms with Crippen LogP contribution in [0.3, 0.4) is 0 Å². The van der Waals surface area contributed by atoms with Gasteiger partial charge in [0.1, 0.15) is 37.9 Å². The molecule has 8 heteroatoms. The Morgan fingerprint density at radius 2 is 0.872 bits per heavy atom. The summed E-state index contributed by atoms with van der Waals surface area (Å²) in [4.78, 5) is 26.2. The molecule has 0 spiro atoms. The molecule has 4 atom stereocenters. The van der Waals surface area contributed by atoms with Crippen LogP contribution in [0.2, 0.25) is 0 Å². The van der Waals surface area contributed by atoms with Crippen molar-refractivity contribution in [3.63, 3.8) is 0 Å². The van der Waals surface area contributed by atoms with Crippen LogP contribution in [-0.4, -0.2) is 38.4 Å². The van der Waals surface area contributed by atoms with Crippen LogP contribution in [0.4, 0.5) is 0 Å². The quantitative estimate of drug-likeness (QED) is 0.0965. The van der Waals surface area contributed by atoms with E-state index in [0.717, 1.165) is 28.7 Å². The molecule has 4 aromatic rings. The van der Waals surface area contributed by atoms with Gasteiger partial charge in [-0.15, -0.1) is 0 Å². The number of nitrogens with zero attached hydrogens (tertiary/aromatic N) is 2. The number of fused-ring (bicyclic) bond motifs is 2. The Kier molecular flexibility index (Phi) is 9.60. The fourth-order valence-corrected chi connectivity index (χ4v) is 6.22. The van der Waals surface area contributed by atoms with Gasteiger partial charge in [-0.25, -0.2) is 0 Å². The molecule has 2 aliphatic rings. The average Bonchev–Trinajstić information content (AvgIpc) is 3.75. The smallest absolute Gasteiger partial charge is 0.310 e. The Morgan fingerprint density at radius 1 is 0.532 bits per heavy atom. The molecule has 0 N–H and O–H groups in total. The third kappa shape index (κ3) is 7.35. The second-order valence-electron chi connectivity index (χ2n) is 11.5. The normalized spacial score (nSPS) is 18.9. The van der Waals surface area contributed by atoms with Gasteiger partial charge in [0.15, 0.2) is 0 Å². The summed E-state index contributed by atoms with van der Waals surface area (Å²) >= 11 is 0. The highest BCUT2D eigenvalue weighted by Crippen LogP contribution is 2.49. The topological polar surface area (TPSA) is 119 Å². The lowest BCUT2D eigenvalue weighted by Gasteiger charge is -2.25. The molecule has 1 fully saturated rings. The Balaban J connectivity index is 0.935. The number of hydrogen-bond donors (Lipinski definition) is 0. The Labute approximate surface area is 273 Å². The zero-order chi connectivity index (χ0) is 32.6. The first-order valence-corrected chi connectivity index (χ1v) is 15.5. The molecule has 0 amide bonds. The molecule has 8 nitrogen and oxygen atoms in total. The maximum atomic E-state index is 13.1. The van der Waals surface area contributed by atoms with Crippen LogP contribution >= 0.6 is 0 Å². The van der Waals surface area contributed by atoms with E-state index in [4.69, 9.17) is 29.5 Å². The fraction of sp³-hybridized carbons (Fsp3) is 0.231. The highest BCUT2D eigenvalue weighted by molar-refractivity contribution is 5.84. The number of carbonyl (C=O) groups is 2. The Bertz CT molecular complexity index is 1680. The van der Waals surface area contributed by atoms with E-state index < -0.39 is 23.8 Å². The van der Waals surface area contributed by atoms with E-state index in [0.29, 0.717) is 22.6 Å². The van der Waals surface area contributed by atoms with Crippen molar-refractivity contribution in [3.8, 4) is 45.9 Å². The van der Waals surface area contributed by atoms with Gasteiger partial charge >= 0.3 is 11.9 Å². The summed E-state index contributed by atoms with van der Waals surface area (Å²) in [5, 5.41) is 18.0. The number of carbonyl (C=O) groups excluding carboxylic acids is 2. The highest BCUT2D eigenvalue weighted by Gasteiger charge is 2.53. The van der Waals surface area contributed by atoms with Crippen LogP contribution in [0.15, 0.2) is 109 Å². The molecule has 234 valence electrons. The third-order valence-corrected chi connectivity index (χ3v) is 8.60. The first kappa shape index (κ1) is 31.1. The van der Waals surface area contributed by atoms with Gasteiger partial charge in [-0.1, -0.05) is 60.7 Å². The minimum atomic E-state index is -0.583. The molecule has 0 heterocycles. The van der Waals surface area contributed by atoms with Crippen LogP contribution < -0.4 is 9.47 Å². The maximum absolute atomic E-state index is 13.1. The maximum Gasteiger partial charge on any atom is 0.310 e. The number of nitriles is 2. The van der Waals surface area contributed by atoms with Crippen LogP contribution in [0.1, 0.15) is 17.5 Å². The lowest BCUT2D eigenvalue weighted by molar-refractivity contribution is -0.162. The molecule has 0 radical (unpaired) electrons. The van der Waals surface area contributed by atoms with Gasteiger partial charge in [0, 0.05) is 0 Å². The van der Waals surface area contributed by atoms with Crippen molar-refractivity contribution in [2.24, 2.45) is 23.7 Å². The van der Waals surface area contributed by atoms with Gasteiger partial charge in [-0.2, -0.15) is 10.5 Å². The molecule has 6 rings (SSSR count). The molecule has 0 aromatic heterocycles. The van der Waals surface area contributed by atoms with Gasteiger partial charge in [0.2, 0.25) is 0 Å². The van der Waals surface area contributed by atoms with E-state index in [1.54, 1.807) is 24.3 Å². The van der Waals surface area contributed by atoms with Crippen molar-refractivity contribution in [1.29, 1.82) is 10.5 Å². The van der Waals surface area contributed by atoms with E-state index in [9.17, 15) is 9.59 Å². The summed E-state index contributed by atoms with van der Waals surface area (Å²) in [7, 11) is 0. The first-order valence-electron chi connectivity index (χ1n) is 15.5. The molecule has 47 heavy (non-hydrogen) atoms. The summed E-state index contributed by atoms with van der Waals surface area (Å²) in [6.07, 6.45) is 4.72. The van der Waals surface area contributed by atoms with Crippen molar-refractivity contribution in [2.45, 2.75) is 6.42 Å². The second-order valence-corrected chi connectivity index (χ2v) is 11.5. The van der Waals surface area contributed by atoms with E-state index in [1.807, 2.05) is 84.9 Å². The minimum Gasteiger partial charge on any atom is -0.490 e. The standard InChI is InChI=1S/C39H32N2O6/c40-24-26-1-5-28(6-2-26)30-11-15-34(16-12-30)44-19-21-46-38(42)36-32-9-10-33(23-32)37(36)39(43)47-22-20-45-35-17-13-31(14-18-35)29-7-3-27(25-41)4-8-29/h1-18,32-33,36-37H,19-23H2. The lowest BCUT2D eigenvalue weighted by Crippen LogP contribution is -2.36. The van der Waals surface area contributed by atoms with Gasteiger partial charge in [-0.05, 0) is 89.0 Å². The number of allylic oxidation sites excluding steroid dienone is 2. The third-order valence-electron chi connectivity index (χ3n) is 8.60. The summed E-state index contributed by atoms with van der Waals surface area (Å²) in [5.41, 5.74) is 5.21. The van der Waals surface area contributed by atoms with E-state index in [-0.39, 0.29) is 38.3 Å². The second kappa shape index (κ2) is 14.5. The van der Waals surface area contributed by atoms with Gasteiger partial charge in [0.25, 0.3) is 0 Å². The van der Waals surface area contributed by atoms with E-state index in [2.05, 4.69) is 12.1 Å². The number of esters is 2. The average molecular weight is 625 g/mol. The number of hydrogen-bond acceptors (Lipinski definition) is 8. The van der Waals surface area contributed by atoms with Gasteiger partial charge in [0.05, 0.1) is 35.1 Å². The predicted molar refractivity (Wildman–Crippen MR) is 174 cm³/mol. The zero-order valence-corrected chi connectivity index (χ0v) is 25.6. The van der Waals surface area contributed by atoms with Gasteiger partial charge in [-0.3, -0.25) is 9.59 Å². The molecule has 4 aromatic carbocycles. The highest BCUT2D eigenvalue weighted by atomic mass is 16.6. The minimum absolute atomic E-state index is 0.0494. The van der Waals surface area contributed by atoms with Crippen LogP contribution in [0, 0.1) is 46.3 Å². The summed E-state index contributed by atoms with van der Waals surface area (Å²) in [6, 6.07) is 34.0. The molecule has 4 unspecified atom stereocenters. The zero-order valence-electron chi connectivity index (χ0n) is 25.6. The number of ether oxygens (including phenoxy) is 4. The molecule has 0 aliphatic heterocycles. The van der Waals surface area contributed by atoms with Crippen molar-refractivity contribution in [2.75, 3.05) is 26.4 Å². The summed E-state index contributed by atoms with van der Waals surface area (Å²) < 4.78 is 22.7. The number of rotatable bonds is 12. The molecule has 0 saturated heterocycles. The molecule has 2 aliphatic carbocycles. The SMILES string of the molecule is N#Cc1ccc(-c2ccc(OCCOC(=O)C3C4C=CC(C4)C3C(=O)OCCOc3ccc(-c4ccc(C#N)cc4)cc3)cc2)cc1. The molecular weight excluding hydrogens is 592 g/mol. The van der Waals surface area contributed by atoms with Crippen molar-refractivity contribution in [1.82, 2.24) is 0 Å². The molecule has 1 saturated carbocycles. The van der Waals surface area contributed by atoms with Crippen LogP contribution in [0.25, 0.3) is 22.3 Å². The van der Waals surface area contributed by atoms with Crippen LogP contribution in [0.5, 0.6) is 11.5 Å². The van der Waals surface area contributed by atoms with Gasteiger partial charge < -0.3 is 18.9 Å². The predicted octanol–water partition coefficient (Wildman–Crippen LogP) is 6.75. The Hall–Kier alpha value is -5.86. The van der Waals surface area contributed by atoms with Crippen LogP contribution in [-0.2, 0) is 19.1 Å². The lowest BCUT2D eigenvalue weighted by atomic mass is 9.83. The van der Waals surface area contributed by atoms with E-state index >= 15 is 0 Å². The number of benzene rings is 4. The van der Waals surface area contributed by atoms with Crippen molar-refractivity contribution in [3.05, 3.63) is 120 Å². The van der Waals surface area contributed by atoms with E-state index in [1.165, 1.54) is 0 Å². The fourth-order valence-electron chi connectivity index (χ4n) is 6.22.